The van der Waals surface area contributed by atoms with Crippen LogP contribution < -0.4 is 4.72 Å². The molecule has 1 atom stereocenters. The lowest BCUT2D eigenvalue weighted by Gasteiger charge is -2.26. The molecule has 11 heteroatoms. The number of amides is 1. The first-order chi connectivity index (χ1) is 15.5. The molecular weight excluding hydrogens is 468 g/mol. The molecule has 1 heterocycles. The van der Waals surface area contributed by atoms with Gasteiger partial charge in [-0.25, -0.2) is 21.6 Å². The van der Waals surface area contributed by atoms with Crippen molar-refractivity contribution in [3.63, 3.8) is 0 Å². The second kappa shape index (κ2) is 9.92. The van der Waals surface area contributed by atoms with Crippen molar-refractivity contribution in [2.75, 3.05) is 29.4 Å². The number of nitrogens with zero attached hydrogens (tertiary/aromatic N) is 1. The number of likely N-dealkylation sites (N-methyl/N-ethyl adjacent to an activating group) is 1. The van der Waals surface area contributed by atoms with Crippen LogP contribution >= 0.6 is 0 Å². The number of esters is 1. The van der Waals surface area contributed by atoms with Gasteiger partial charge in [0, 0.05) is 18.3 Å². The van der Waals surface area contributed by atoms with Crippen LogP contribution in [0, 0.1) is 6.92 Å². The summed E-state index contributed by atoms with van der Waals surface area (Å²) in [5, 5.41) is 0. The molecule has 1 amide bonds. The first-order valence-corrected chi connectivity index (χ1v) is 13.7. The monoisotopic (exact) mass is 494 g/mol. The molecule has 33 heavy (non-hydrogen) atoms. The molecule has 0 radical (unpaired) electrons. The fraction of sp³-hybridized carbons (Fsp3) is 0.364. The Bertz CT molecular complexity index is 1240. The van der Waals surface area contributed by atoms with Gasteiger partial charge in [-0.1, -0.05) is 23.8 Å². The van der Waals surface area contributed by atoms with Crippen LogP contribution in [0.15, 0.2) is 53.4 Å². The number of sulfone groups is 1. The van der Waals surface area contributed by atoms with Gasteiger partial charge in [-0.05, 0) is 50.6 Å². The summed E-state index contributed by atoms with van der Waals surface area (Å²) >= 11 is 0. The number of hydrogen-bond acceptors (Lipinski definition) is 7. The lowest BCUT2D eigenvalue weighted by molar-refractivity contribution is -0.136. The van der Waals surface area contributed by atoms with Gasteiger partial charge in [0.2, 0.25) is 0 Å². The maximum Gasteiger partial charge on any atom is 0.338 e. The third-order valence-electron chi connectivity index (χ3n) is 5.32. The van der Waals surface area contributed by atoms with E-state index in [4.69, 9.17) is 4.74 Å². The molecule has 178 valence electrons. The molecule has 0 aromatic heterocycles. The van der Waals surface area contributed by atoms with Crippen molar-refractivity contribution >= 4 is 37.4 Å². The van der Waals surface area contributed by atoms with Crippen molar-refractivity contribution in [1.82, 2.24) is 4.90 Å². The molecule has 3 rings (SSSR count). The van der Waals surface area contributed by atoms with Gasteiger partial charge >= 0.3 is 5.97 Å². The smallest absolute Gasteiger partial charge is 0.338 e. The summed E-state index contributed by atoms with van der Waals surface area (Å²) in [4.78, 5) is 26.4. The standard InChI is InChI=1S/C22H26N2O7S2/c1-3-24(19-11-12-32(27,28)15-19)21(25)14-31-22(26)17-5-4-6-18(13-17)23-33(29,30)20-9-7-16(2)8-10-20/h4-10,13,19,23H,3,11-12,14-15H2,1-2H3/t19-/m0/s1. The van der Waals surface area contributed by atoms with Gasteiger partial charge in [0.15, 0.2) is 16.4 Å². The van der Waals surface area contributed by atoms with Gasteiger partial charge in [-0.3, -0.25) is 9.52 Å². The maximum absolute atomic E-state index is 12.6. The first kappa shape index (κ1) is 24.7. The van der Waals surface area contributed by atoms with E-state index in [1.54, 1.807) is 19.1 Å². The van der Waals surface area contributed by atoms with E-state index in [1.165, 1.54) is 41.3 Å². The molecule has 1 saturated heterocycles. The van der Waals surface area contributed by atoms with Crippen molar-refractivity contribution < 1.29 is 31.2 Å². The molecule has 2 aromatic carbocycles. The number of carbonyl (C=O) groups excluding carboxylic acids is 2. The number of nitrogens with one attached hydrogen (secondary N) is 1. The molecule has 1 aliphatic rings. The largest absolute Gasteiger partial charge is 0.452 e. The maximum atomic E-state index is 12.6. The molecule has 0 saturated carbocycles. The van der Waals surface area contributed by atoms with E-state index < -0.39 is 44.4 Å². The van der Waals surface area contributed by atoms with Gasteiger partial charge < -0.3 is 9.64 Å². The van der Waals surface area contributed by atoms with E-state index in [2.05, 4.69) is 4.72 Å². The topological polar surface area (TPSA) is 127 Å². The Morgan fingerprint density at radius 3 is 2.45 bits per heavy atom. The van der Waals surface area contributed by atoms with Gasteiger partial charge in [-0.15, -0.1) is 0 Å². The highest BCUT2D eigenvalue weighted by Crippen LogP contribution is 2.20. The van der Waals surface area contributed by atoms with Crippen LogP contribution in [-0.4, -0.2) is 64.3 Å². The summed E-state index contributed by atoms with van der Waals surface area (Å²) in [5.41, 5.74) is 1.16. The fourth-order valence-electron chi connectivity index (χ4n) is 3.59. The summed E-state index contributed by atoms with van der Waals surface area (Å²) in [6.45, 7) is 3.34. The normalized spacial score (nSPS) is 17.3. The van der Waals surface area contributed by atoms with Crippen LogP contribution in [0.25, 0.3) is 0 Å². The lowest BCUT2D eigenvalue weighted by Crippen LogP contribution is -2.43. The molecule has 0 unspecified atom stereocenters. The summed E-state index contributed by atoms with van der Waals surface area (Å²) in [7, 11) is -7.00. The van der Waals surface area contributed by atoms with Crippen LogP contribution in [-0.2, 0) is 29.4 Å². The Morgan fingerprint density at radius 1 is 1.15 bits per heavy atom. The quantitative estimate of drug-likeness (QED) is 0.556. The number of benzene rings is 2. The average molecular weight is 495 g/mol. The first-order valence-electron chi connectivity index (χ1n) is 10.4. The van der Waals surface area contributed by atoms with Crippen LogP contribution in [0.1, 0.15) is 29.3 Å². The second-order valence-electron chi connectivity index (χ2n) is 7.81. The molecule has 0 bridgehead atoms. The van der Waals surface area contributed by atoms with Gasteiger partial charge in [0.05, 0.1) is 22.0 Å². The van der Waals surface area contributed by atoms with E-state index in [0.717, 1.165) is 5.56 Å². The van der Waals surface area contributed by atoms with E-state index in [-0.39, 0.29) is 27.7 Å². The number of aryl methyl sites for hydroxylation is 1. The Balaban J connectivity index is 1.63. The third-order valence-corrected chi connectivity index (χ3v) is 8.47. The van der Waals surface area contributed by atoms with Gasteiger partial charge in [-0.2, -0.15) is 0 Å². The predicted octanol–water partition coefficient (Wildman–Crippen LogP) is 1.99. The molecule has 1 N–H and O–H groups in total. The minimum absolute atomic E-state index is 0.0342. The van der Waals surface area contributed by atoms with Gasteiger partial charge in [0.25, 0.3) is 15.9 Å². The Morgan fingerprint density at radius 2 is 1.85 bits per heavy atom. The Hall–Kier alpha value is -2.92. The zero-order chi connectivity index (χ0) is 24.2. The van der Waals surface area contributed by atoms with Crippen molar-refractivity contribution in [3.05, 3.63) is 59.7 Å². The molecule has 9 nitrogen and oxygen atoms in total. The number of hydrogen-bond donors (Lipinski definition) is 1. The van der Waals surface area contributed by atoms with Gasteiger partial charge in [0.1, 0.15) is 0 Å². The number of rotatable bonds is 8. The Labute approximate surface area is 193 Å². The average Bonchev–Trinajstić information content (AvgIpc) is 3.12. The highest BCUT2D eigenvalue weighted by molar-refractivity contribution is 7.92. The zero-order valence-corrected chi connectivity index (χ0v) is 20.0. The minimum Gasteiger partial charge on any atom is -0.452 e. The molecule has 0 aliphatic carbocycles. The number of ether oxygens (including phenoxy) is 1. The van der Waals surface area contributed by atoms with Crippen molar-refractivity contribution in [2.45, 2.75) is 31.2 Å². The van der Waals surface area contributed by atoms with Crippen molar-refractivity contribution in [1.29, 1.82) is 0 Å². The van der Waals surface area contributed by atoms with E-state index >= 15 is 0 Å². The summed E-state index contributed by atoms with van der Waals surface area (Å²) in [6.07, 6.45) is 0.360. The van der Waals surface area contributed by atoms with Crippen LogP contribution in [0.3, 0.4) is 0 Å². The van der Waals surface area contributed by atoms with E-state index in [1.807, 2.05) is 6.92 Å². The van der Waals surface area contributed by atoms with E-state index in [9.17, 15) is 26.4 Å². The number of sulfonamides is 1. The molecule has 2 aromatic rings. The van der Waals surface area contributed by atoms with Crippen LogP contribution in [0.2, 0.25) is 0 Å². The number of anilines is 1. The second-order valence-corrected chi connectivity index (χ2v) is 11.7. The molecule has 1 fully saturated rings. The summed E-state index contributed by atoms with van der Waals surface area (Å²) < 4.78 is 56.1. The van der Waals surface area contributed by atoms with Crippen molar-refractivity contribution in [3.8, 4) is 0 Å². The van der Waals surface area contributed by atoms with Crippen LogP contribution in [0.5, 0.6) is 0 Å². The van der Waals surface area contributed by atoms with E-state index in [0.29, 0.717) is 13.0 Å². The summed E-state index contributed by atoms with van der Waals surface area (Å²) in [5.74, 6) is -1.34. The molecule has 0 spiro atoms. The fourth-order valence-corrected chi connectivity index (χ4v) is 6.37. The molecular formula is C22H26N2O7S2. The third kappa shape index (κ3) is 6.32. The highest BCUT2D eigenvalue weighted by atomic mass is 32.2. The summed E-state index contributed by atoms with van der Waals surface area (Å²) in [6, 6.07) is 11.6. The lowest BCUT2D eigenvalue weighted by atomic mass is 10.2. The zero-order valence-electron chi connectivity index (χ0n) is 18.4. The van der Waals surface area contributed by atoms with Crippen molar-refractivity contribution in [2.24, 2.45) is 0 Å². The molecule has 1 aliphatic heterocycles. The number of carbonyl (C=O) groups is 2. The minimum atomic E-state index is -3.84. The van der Waals surface area contributed by atoms with Crippen LogP contribution in [0.4, 0.5) is 5.69 Å². The predicted molar refractivity (Wildman–Crippen MR) is 123 cm³/mol. The Kier molecular flexibility index (Phi) is 7.43. The SMILES string of the molecule is CCN(C(=O)COC(=O)c1cccc(NS(=O)(=O)c2ccc(C)cc2)c1)[C@H]1CCS(=O)(=O)C1. The highest BCUT2D eigenvalue weighted by Gasteiger charge is 2.34.